The molecular formula is C13H19N3O3. The Labute approximate surface area is 111 Å². The zero-order chi connectivity index (χ0) is 14.0. The van der Waals surface area contributed by atoms with E-state index < -0.39 is 0 Å². The molecule has 1 aromatic rings. The van der Waals surface area contributed by atoms with Crippen molar-refractivity contribution < 1.29 is 14.1 Å². The summed E-state index contributed by atoms with van der Waals surface area (Å²) in [6, 6.07) is 0.101. The maximum atomic E-state index is 12.0. The SMILES string of the molecule is CC(=O)NC1CCc2onc(C(=O)NC(C)C)c2C1. The molecule has 0 aromatic carbocycles. The number of hydrogen-bond acceptors (Lipinski definition) is 4. The number of aryl methyl sites for hydroxylation is 1. The van der Waals surface area contributed by atoms with Gasteiger partial charge in [-0.2, -0.15) is 0 Å². The summed E-state index contributed by atoms with van der Waals surface area (Å²) in [6.07, 6.45) is 2.11. The van der Waals surface area contributed by atoms with E-state index in [9.17, 15) is 9.59 Å². The Morgan fingerprint density at radius 3 is 2.79 bits per heavy atom. The second-order valence-electron chi connectivity index (χ2n) is 5.20. The Balaban J connectivity index is 2.15. The number of carbonyl (C=O) groups excluding carboxylic acids is 2. The molecule has 2 N–H and O–H groups in total. The number of aromatic nitrogens is 1. The highest BCUT2D eigenvalue weighted by Gasteiger charge is 2.29. The van der Waals surface area contributed by atoms with Crippen molar-refractivity contribution in [3.63, 3.8) is 0 Å². The molecule has 19 heavy (non-hydrogen) atoms. The van der Waals surface area contributed by atoms with Gasteiger partial charge >= 0.3 is 0 Å². The summed E-state index contributed by atoms with van der Waals surface area (Å²) in [5, 5.41) is 9.55. The van der Waals surface area contributed by atoms with E-state index >= 15 is 0 Å². The number of fused-ring (bicyclic) bond motifs is 1. The number of amides is 2. The number of nitrogens with zero attached hydrogens (tertiary/aromatic N) is 1. The van der Waals surface area contributed by atoms with Crippen LogP contribution in [-0.4, -0.2) is 29.1 Å². The number of carbonyl (C=O) groups is 2. The summed E-state index contributed by atoms with van der Waals surface area (Å²) in [5.74, 6) is 0.483. The summed E-state index contributed by atoms with van der Waals surface area (Å²) in [4.78, 5) is 23.1. The van der Waals surface area contributed by atoms with Crippen LogP contribution in [0.5, 0.6) is 0 Å². The van der Waals surface area contributed by atoms with Gasteiger partial charge in [-0.15, -0.1) is 0 Å². The highest BCUT2D eigenvalue weighted by atomic mass is 16.5. The van der Waals surface area contributed by atoms with Crippen LogP contribution < -0.4 is 10.6 Å². The van der Waals surface area contributed by atoms with Gasteiger partial charge in [-0.1, -0.05) is 5.16 Å². The Morgan fingerprint density at radius 1 is 1.42 bits per heavy atom. The normalized spacial score (nSPS) is 18.0. The number of nitrogens with one attached hydrogen (secondary N) is 2. The van der Waals surface area contributed by atoms with E-state index in [1.807, 2.05) is 13.8 Å². The minimum absolute atomic E-state index is 0.0505. The van der Waals surface area contributed by atoms with Crippen molar-refractivity contribution in [1.82, 2.24) is 15.8 Å². The summed E-state index contributed by atoms with van der Waals surface area (Å²) in [7, 11) is 0. The summed E-state index contributed by atoms with van der Waals surface area (Å²) in [5.41, 5.74) is 1.17. The van der Waals surface area contributed by atoms with Gasteiger partial charge in [0.15, 0.2) is 5.69 Å². The Kier molecular flexibility index (Phi) is 3.87. The van der Waals surface area contributed by atoms with Crippen LogP contribution in [0, 0.1) is 0 Å². The van der Waals surface area contributed by atoms with Crippen LogP contribution in [0.3, 0.4) is 0 Å². The largest absolute Gasteiger partial charge is 0.360 e. The van der Waals surface area contributed by atoms with E-state index in [1.165, 1.54) is 6.92 Å². The van der Waals surface area contributed by atoms with Gasteiger partial charge in [-0.05, 0) is 26.7 Å². The zero-order valence-corrected chi connectivity index (χ0v) is 11.4. The molecule has 6 nitrogen and oxygen atoms in total. The predicted octanol–water partition coefficient (Wildman–Crippen LogP) is 0.806. The van der Waals surface area contributed by atoms with E-state index in [0.717, 1.165) is 17.7 Å². The van der Waals surface area contributed by atoms with Crippen molar-refractivity contribution in [2.24, 2.45) is 0 Å². The molecule has 0 saturated carbocycles. The zero-order valence-electron chi connectivity index (χ0n) is 11.4. The van der Waals surface area contributed by atoms with E-state index in [-0.39, 0.29) is 23.9 Å². The van der Waals surface area contributed by atoms with Crippen LogP contribution in [0.15, 0.2) is 4.52 Å². The molecule has 104 valence electrons. The monoisotopic (exact) mass is 265 g/mol. The molecule has 0 saturated heterocycles. The molecule has 0 bridgehead atoms. The van der Waals surface area contributed by atoms with E-state index in [2.05, 4.69) is 15.8 Å². The summed E-state index contributed by atoms with van der Waals surface area (Å²) >= 11 is 0. The highest BCUT2D eigenvalue weighted by Crippen LogP contribution is 2.24. The third-order valence-corrected chi connectivity index (χ3v) is 3.08. The average molecular weight is 265 g/mol. The van der Waals surface area contributed by atoms with Crippen LogP contribution in [0.1, 0.15) is 49.0 Å². The minimum Gasteiger partial charge on any atom is -0.360 e. The predicted molar refractivity (Wildman–Crippen MR) is 68.7 cm³/mol. The maximum Gasteiger partial charge on any atom is 0.273 e. The van der Waals surface area contributed by atoms with Gasteiger partial charge in [0.1, 0.15) is 5.76 Å². The Hall–Kier alpha value is -1.85. The fourth-order valence-corrected chi connectivity index (χ4v) is 2.32. The molecule has 1 aliphatic carbocycles. The molecule has 1 atom stereocenters. The molecule has 1 heterocycles. The van der Waals surface area contributed by atoms with Gasteiger partial charge in [0.2, 0.25) is 5.91 Å². The molecule has 0 aliphatic heterocycles. The standard InChI is InChI=1S/C13H19N3O3/c1-7(2)14-13(18)12-10-6-9(15-8(3)17)4-5-11(10)19-16-12/h7,9H,4-6H2,1-3H3,(H,14,18)(H,15,17). The first kappa shape index (κ1) is 13.6. The van der Waals surface area contributed by atoms with E-state index in [4.69, 9.17) is 4.52 Å². The third-order valence-electron chi connectivity index (χ3n) is 3.08. The van der Waals surface area contributed by atoms with Crippen molar-refractivity contribution in [2.45, 2.75) is 52.1 Å². The van der Waals surface area contributed by atoms with Crippen LogP contribution in [0.2, 0.25) is 0 Å². The lowest BCUT2D eigenvalue weighted by atomic mass is 9.92. The highest BCUT2D eigenvalue weighted by molar-refractivity contribution is 5.94. The van der Waals surface area contributed by atoms with E-state index in [0.29, 0.717) is 18.5 Å². The van der Waals surface area contributed by atoms with Gasteiger partial charge in [-0.3, -0.25) is 9.59 Å². The second kappa shape index (κ2) is 5.42. The lowest BCUT2D eigenvalue weighted by molar-refractivity contribution is -0.119. The first-order chi connectivity index (χ1) is 8.97. The fourth-order valence-electron chi connectivity index (χ4n) is 2.32. The molecule has 2 rings (SSSR count). The minimum atomic E-state index is -0.219. The Bertz CT molecular complexity index is 493. The molecular weight excluding hydrogens is 246 g/mol. The molecule has 1 aliphatic rings. The van der Waals surface area contributed by atoms with Gasteiger partial charge in [0, 0.05) is 31.0 Å². The van der Waals surface area contributed by atoms with Crippen molar-refractivity contribution >= 4 is 11.8 Å². The van der Waals surface area contributed by atoms with Gasteiger partial charge in [0.05, 0.1) is 0 Å². The molecule has 6 heteroatoms. The molecule has 0 radical (unpaired) electrons. The molecule has 2 amide bonds. The quantitative estimate of drug-likeness (QED) is 0.847. The van der Waals surface area contributed by atoms with Crippen LogP contribution in [-0.2, 0) is 17.6 Å². The van der Waals surface area contributed by atoms with Gasteiger partial charge < -0.3 is 15.2 Å². The van der Waals surface area contributed by atoms with Gasteiger partial charge in [0.25, 0.3) is 5.91 Å². The first-order valence-corrected chi connectivity index (χ1v) is 6.52. The van der Waals surface area contributed by atoms with Gasteiger partial charge in [-0.25, -0.2) is 0 Å². The summed E-state index contributed by atoms with van der Waals surface area (Å²) in [6.45, 7) is 5.28. The Morgan fingerprint density at radius 2 is 2.16 bits per heavy atom. The van der Waals surface area contributed by atoms with Crippen molar-refractivity contribution in [1.29, 1.82) is 0 Å². The molecule has 1 unspecified atom stereocenters. The smallest absolute Gasteiger partial charge is 0.273 e. The lowest BCUT2D eigenvalue weighted by Crippen LogP contribution is -2.38. The average Bonchev–Trinajstić information content (AvgIpc) is 2.70. The lowest BCUT2D eigenvalue weighted by Gasteiger charge is -2.21. The van der Waals surface area contributed by atoms with Crippen molar-refractivity contribution in [3.05, 3.63) is 17.0 Å². The first-order valence-electron chi connectivity index (χ1n) is 6.52. The summed E-state index contributed by atoms with van der Waals surface area (Å²) < 4.78 is 5.22. The van der Waals surface area contributed by atoms with Crippen LogP contribution >= 0.6 is 0 Å². The second-order valence-corrected chi connectivity index (χ2v) is 5.20. The maximum absolute atomic E-state index is 12.0. The molecule has 1 aromatic heterocycles. The molecule has 0 spiro atoms. The van der Waals surface area contributed by atoms with Crippen molar-refractivity contribution in [2.75, 3.05) is 0 Å². The number of hydrogen-bond donors (Lipinski definition) is 2. The third kappa shape index (κ3) is 3.13. The van der Waals surface area contributed by atoms with Crippen LogP contribution in [0.25, 0.3) is 0 Å². The fraction of sp³-hybridized carbons (Fsp3) is 0.615. The van der Waals surface area contributed by atoms with E-state index in [1.54, 1.807) is 0 Å². The van der Waals surface area contributed by atoms with Crippen LogP contribution in [0.4, 0.5) is 0 Å². The van der Waals surface area contributed by atoms with Crippen molar-refractivity contribution in [3.8, 4) is 0 Å². The molecule has 0 fully saturated rings. The topological polar surface area (TPSA) is 84.2 Å². The number of rotatable bonds is 3.